The van der Waals surface area contributed by atoms with Crippen molar-refractivity contribution in [1.29, 1.82) is 0 Å². The Bertz CT molecular complexity index is 963. The Morgan fingerprint density at radius 3 is 2.27 bits per heavy atom. The molecule has 2 aromatic carbocycles. The molecule has 158 valence electrons. The Morgan fingerprint density at radius 1 is 0.900 bits per heavy atom. The molecule has 3 aromatic rings. The van der Waals surface area contributed by atoms with Crippen LogP contribution in [0.1, 0.15) is 17.0 Å². The molecule has 2 heterocycles. The Kier molecular flexibility index (Phi) is 6.35. The first-order chi connectivity index (χ1) is 14.7. The van der Waals surface area contributed by atoms with Crippen molar-refractivity contribution < 1.29 is 13.9 Å². The molecule has 0 radical (unpaired) electrons. The summed E-state index contributed by atoms with van der Waals surface area (Å²) in [6.45, 7) is 7.68. The molecular weight excluding hydrogens is 378 g/mol. The lowest BCUT2D eigenvalue weighted by Crippen LogP contribution is -2.45. The number of hydrogen-bond acceptors (Lipinski definition) is 6. The maximum atomic E-state index is 5.92. The van der Waals surface area contributed by atoms with E-state index >= 15 is 0 Å². The highest BCUT2D eigenvalue weighted by atomic mass is 16.5. The molecule has 4 rings (SSSR count). The number of piperazine rings is 1. The molecule has 1 aliphatic heterocycles. The molecule has 0 unspecified atom stereocenters. The van der Waals surface area contributed by atoms with E-state index in [2.05, 4.69) is 15.9 Å². The lowest BCUT2D eigenvalue weighted by Gasteiger charge is -2.34. The highest BCUT2D eigenvalue weighted by Crippen LogP contribution is 2.26. The fourth-order valence-electron chi connectivity index (χ4n) is 3.84. The maximum absolute atomic E-state index is 5.92. The van der Waals surface area contributed by atoms with E-state index < -0.39 is 0 Å². The summed E-state index contributed by atoms with van der Waals surface area (Å²) in [4.78, 5) is 9.65. The van der Waals surface area contributed by atoms with Gasteiger partial charge in [-0.25, -0.2) is 4.98 Å². The molecule has 0 saturated carbocycles. The standard InChI is InChI=1S/C24H29N3O3/c1-18-22(25-24(30-18)19-7-5-4-6-8-19)17-27-13-11-26(12-14-27)16-20-15-21(28-2)9-10-23(20)29-3/h4-10,15H,11-14,16-17H2,1-3H3. The number of rotatable bonds is 7. The van der Waals surface area contributed by atoms with Crippen molar-refractivity contribution >= 4 is 0 Å². The summed E-state index contributed by atoms with van der Waals surface area (Å²) in [6, 6.07) is 16.0. The van der Waals surface area contributed by atoms with Crippen molar-refractivity contribution in [2.75, 3.05) is 40.4 Å². The predicted octanol–water partition coefficient (Wildman–Crippen LogP) is 3.99. The molecule has 1 aromatic heterocycles. The van der Waals surface area contributed by atoms with Crippen LogP contribution in [0.3, 0.4) is 0 Å². The Labute approximate surface area is 178 Å². The number of oxazole rings is 1. The smallest absolute Gasteiger partial charge is 0.226 e. The van der Waals surface area contributed by atoms with Gasteiger partial charge in [-0.3, -0.25) is 9.80 Å². The Balaban J connectivity index is 1.35. The van der Waals surface area contributed by atoms with Crippen molar-refractivity contribution in [3.05, 3.63) is 65.5 Å². The Morgan fingerprint density at radius 2 is 1.60 bits per heavy atom. The summed E-state index contributed by atoms with van der Waals surface area (Å²) >= 11 is 0. The molecule has 30 heavy (non-hydrogen) atoms. The first kappa shape index (κ1) is 20.4. The minimum absolute atomic E-state index is 0.701. The van der Waals surface area contributed by atoms with E-state index in [-0.39, 0.29) is 0 Å². The van der Waals surface area contributed by atoms with Gasteiger partial charge in [0.1, 0.15) is 17.3 Å². The first-order valence-electron chi connectivity index (χ1n) is 10.3. The van der Waals surface area contributed by atoms with Crippen LogP contribution in [0.4, 0.5) is 0 Å². The van der Waals surface area contributed by atoms with Crippen molar-refractivity contribution in [3.63, 3.8) is 0 Å². The molecule has 1 aliphatic rings. The van der Waals surface area contributed by atoms with Crippen LogP contribution in [0.2, 0.25) is 0 Å². The van der Waals surface area contributed by atoms with Gasteiger partial charge in [0.15, 0.2) is 0 Å². The van der Waals surface area contributed by atoms with E-state index in [9.17, 15) is 0 Å². The Hall–Kier alpha value is -2.83. The third-order valence-corrected chi connectivity index (χ3v) is 5.63. The summed E-state index contributed by atoms with van der Waals surface area (Å²) in [5.74, 6) is 3.37. The van der Waals surface area contributed by atoms with Crippen LogP contribution in [0.15, 0.2) is 52.9 Å². The van der Waals surface area contributed by atoms with Crippen LogP contribution in [-0.4, -0.2) is 55.2 Å². The third kappa shape index (κ3) is 4.66. The number of benzene rings is 2. The molecule has 6 heteroatoms. The molecule has 6 nitrogen and oxygen atoms in total. The molecular formula is C24H29N3O3. The number of ether oxygens (including phenoxy) is 2. The van der Waals surface area contributed by atoms with Gasteiger partial charge in [0.2, 0.25) is 5.89 Å². The number of hydrogen-bond donors (Lipinski definition) is 0. The molecule has 0 aliphatic carbocycles. The zero-order valence-electron chi connectivity index (χ0n) is 17.9. The van der Waals surface area contributed by atoms with Gasteiger partial charge in [0.25, 0.3) is 0 Å². The molecule has 1 saturated heterocycles. The molecule has 0 spiro atoms. The van der Waals surface area contributed by atoms with Crippen molar-refractivity contribution in [3.8, 4) is 23.0 Å². The van der Waals surface area contributed by atoms with Gasteiger partial charge in [0, 0.05) is 50.4 Å². The van der Waals surface area contributed by atoms with Gasteiger partial charge in [-0.2, -0.15) is 0 Å². The molecule has 0 atom stereocenters. The third-order valence-electron chi connectivity index (χ3n) is 5.63. The van der Waals surface area contributed by atoms with Crippen LogP contribution in [-0.2, 0) is 13.1 Å². The van der Waals surface area contributed by atoms with E-state index in [0.717, 1.165) is 73.3 Å². The lowest BCUT2D eigenvalue weighted by molar-refractivity contribution is 0.120. The summed E-state index contributed by atoms with van der Waals surface area (Å²) in [5, 5.41) is 0. The minimum Gasteiger partial charge on any atom is -0.497 e. The van der Waals surface area contributed by atoms with Crippen LogP contribution >= 0.6 is 0 Å². The average molecular weight is 408 g/mol. The SMILES string of the molecule is COc1ccc(OC)c(CN2CCN(Cc3nc(-c4ccccc4)oc3C)CC2)c1. The number of aryl methyl sites for hydroxylation is 1. The number of nitrogens with zero attached hydrogens (tertiary/aromatic N) is 3. The normalized spacial score (nSPS) is 15.3. The summed E-state index contributed by atoms with van der Waals surface area (Å²) in [5.41, 5.74) is 3.20. The summed E-state index contributed by atoms with van der Waals surface area (Å²) in [7, 11) is 3.41. The van der Waals surface area contributed by atoms with Crippen molar-refractivity contribution in [2.24, 2.45) is 0 Å². The van der Waals surface area contributed by atoms with Crippen LogP contribution in [0, 0.1) is 6.92 Å². The second-order valence-electron chi connectivity index (χ2n) is 7.62. The van der Waals surface area contributed by atoms with Crippen LogP contribution in [0.5, 0.6) is 11.5 Å². The molecule has 0 N–H and O–H groups in total. The quantitative estimate of drug-likeness (QED) is 0.590. The largest absolute Gasteiger partial charge is 0.497 e. The predicted molar refractivity (Wildman–Crippen MR) is 117 cm³/mol. The minimum atomic E-state index is 0.701. The maximum Gasteiger partial charge on any atom is 0.226 e. The average Bonchev–Trinajstić information content (AvgIpc) is 3.16. The van der Waals surface area contributed by atoms with Gasteiger partial charge >= 0.3 is 0 Å². The molecule has 0 bridgehead atoms. The number of methoxy groups -OCH3 is 2. The van der Waals surface area contributed by atoms with E-state index in [0.29, 0.717) is 5.89 Å². The van der Waals surface area contributed by atoms with E-state index in [1.807, 2.05) is 49.4 Å². The van der Waals surface area contributed by atoms with Crippen LogP contribution < -0.4 is 9.47 Å². The highest BCUT2D eigenvalue weighted by molar-refractivity contribution is 5.53. The number of aromatic nitrogens is 1. The fraction of sp³-hybridized carbons (Fsp3) is 0.375. The zero-order chi connectivity index (χ0) is 20.9. The van der Waals surface area contributed by atoms with E-state index in [1.165, 1.54) is 0 Å². The van der Waals surface area contributed by atoms with Gasteiger partial charge in [-0.15, -0.1) is 0 Å². The van der Waals surface area contributed by atoms with E-state index in [1.54, 1.807) is 14.2 Å². The van der Waals surface area contributed by atoms with Crippen LogP contribution in [0.25, 0.3) is 11.5 Å². The highest BCUT2D eigenvalue weighted by Gasteiger charge is 2.21. The van der Waals surface area contributed by atoms with E-state index in [4.69, 9.17) is 18.9 Å². The molecule has 0 amide bonds. The van der Waals surface area contributed by atoms with Crippen molar-refractivity contribution in [1.82, 2.24) is 14.8 Å². The lowest BCUT2D eigenvalue weighted by atomic mass is 10.1. The first-order valence-corrected chi connectivity index (χ1v) is 10.3. The second kappa shape index (κ2) is 9.32. The fourth-order valence-corrected chi connectivity index (χ4v) is 3.84. The van der Waals surface area contributed by atoms with Gasteiger partial charge in [0.05, 0.1) is 19.9 Å². The topological polar surface area (TPSA) is 51.0 Å². The summed E-state index contributed by atoms with van der Waals surface area (Å²) < 4.78 is 16.8. The molecule has 1 fully saturated rings. The monoisotopic (exact) mass is 407 g/mol. The zero-order valence-corrected chi connectivity index (χ0v) is 17.9. The van der Waals surface area contributed by atoms with Gasteiger partial charge in [-0.05, 0) is 37.3 Å². The van der Waals surface area contributed by atoms with Crippen molar-refractivity contribution in [2.45, 2.75) is 20.0 Å². The second-order valence-corrected chi connectivity index (χ2v) is 7.62. The summed E-state index contributed by atoms with van der Waals surface area (Å²) in [6.07, 6.45) is 0. The van der Waals surface area contributed by atoms with Gasteiger partial charge < -0.3 is 13.9 Å². The van der Waals surface area contributed by atoms with Gasteiger partial charge in [-0.1, -0.05) is 18.2 Å².